The van der Waals surface area contributed by atoms with E-state index < -0.39 is 0 Å². The van der Waals surface area contributed by atoms with Crippen molar-refractivity contribution >= 4 is 27.6 Å². The molecule has 4 aromatic rings. The van der Waals surface area contributed by atoms with Gasteiger partial charge in [0, 0.05) is 54.1 Å². The van der Waals surface area contributed by atoms with Crippen LogP contribution in [0.5, 0.6) is 0 Å². The van der Waals surface area contributed by atoms with E-state index in [4.69, 9.17) is 4.98 Å². The Hall–Kier alpha value is -2.95. The Morgan fingerprint density at radius 1 is 1.04 bits per heavy atom. The Morgan fingerprint density at radius 2 is 1.88 bits per heavy atom. The van der Waals surface area contributed by atoms with Gasteiger partial charge in [-0.05, 0) is 37.1 Å². The first-order valence-electron chi connectivity index (χ1n) is 8.99. The van der Waals surface area contributed by atoms with Gasteiger partial charge in [0.05, 0.1) is 17.4 Å². The average Bonchev–Trinajstić information content (AvgIpc) is 3.03. The number of hydrogen-bond acceptors (Lipinski definition) is 4. The molecule has 0 unspecified atom stereocenters. The third-order valence-corrected chi connectivity index (χ3v) is 4.90. The lowest BCUT2D eigenvalue weighted by Gasteiger charge is -2.12. The fraction of sp³-hybridized carbons (Fsp3) is 0.286. The first-order valence-corrected chi connectivity index (χ1v) is 8.99. The van der Waals surface area contributed by atoms with E-state index in [1.807, 2.05) is 32.8 Å². The van der Waals surface area contributed by atoms with E-state index in [0.29, 0.717) is 0 Å². The molecule has 26 heavy (non-hydrogen) atoms. The topological polar surface area (TPSA) is 55.6 Å². The maximum absolute atomic E-state index is 4.69. The predicted octanol–water partition coefficient (Wildman–Crippen LogP) is 4.49. The fourth-order valence-corrected chi connectivity index (χ4v) is 3.59. The molecule has 0 aliphatic rings. The maximum atomic E-state index is 4.69. The van der Waals surface area contributed by atoms with E-state index >= 15 is 0 Å². The molecule has 1 N–H and O–H groups in total. The van der Waals surface area contributed by atoms with Crippen molar-refractivity contribution in [1.82, 2.24) is 19.5 Å². The highest BCUT2D eigenvalue weighted by molar-refractivity contribution is 6.11. The van der Waals surface area contributed by atoms with Crippen LogP contribution in [0.15, 0.2) is 36.9 Å². The highest BCUT2D eigenvalue weighted by atomic mass is 15.0. The second-order valence-electron chi connectivity index (χ2n) is 6.76. The molecular formula is C21H23N5. The summed E-state index contributed by atoms with van der Waals surface area (Å²) in [6.45, 7) is 4.33. The summed E-state index contributed by atoms with van der Waals surface area (Å²) >= 11 is 0. The number of benzene rings is 1. The van der Waals surface area contributed by atoms with Crippen molar-refractivity contribution < 1.29 is 0 Å². The first kappa shape index (κ1) is 16.5. The molecular weight excluding hydrogens is 322 g/mol. The Kier molecular flexibility index (Phi) is 4.07. The van der Waals surface area contributed by atoms with Crippen LogP contribution in [0.2, 0.25) is 0 Å². The monoisotopic (exact) mass is 345 g/mol. The summed E-state index contributed by atoms with van der Waals surface area (Å²) in [5, 5.41) is 5.37. The van der Waals surface area contributed by atoms with Gasteiger partial charge in [-0.3, -0.25) is 4.98 Å². The van der Waals surface area contributed by atoms with Crippen LogP contribution in [-0.4, -0.2) is 26.6 Å². The van der Waals surface area contributed by atoms with Crippen LogP contribution in [0.3, 0.4) is 0 Å². The van der Waals surface area contributed by atoms with Crippen LogP contribution in [0.4, 0.5) is 5.82 Å². The molecule has 1 aromatic carbocycles. The fourth-order valence-electron chi connectivity index (χ4n) is 3.59. The van der Waals surface area contributed by atoms with Crippen LogP contribution in [0.1, 0.15) is 24.6 Å². The highest BCUT2D eigenvalue weighted by Gasteiger charge is 2.15. The molecule has 0 saturated carbocycles. The van der Waals surface area contributed by atoms with Crippen molar-refractivity contribution in [3.8, 4) is 11.1 Å². The molecule has 0 fully saturated rings. The standard InChI is InChI=1S/C21H23N5/c1-5-6-15-7-13(2)18(11-23-15)17-8-14-10-24-19(22-3)9-16(14)21-20(17)25-12-26(21)4/h7-12H,5-6H2,1-4H3,(H,22,24). The second kappa shape index (κ2) is 6.41. The smallest absolute Gasteiger partial charge is 0.126 e. The Balaban J connectivity index is 2.01. The van der Waals surface area contributed by atoms with E-state index in [1.165, 1.54) is 5.56 Å². The molecule has 4 rings (SSSR count). The lowest BCUT2D eigenvalue weighted by molar-refractivity contribution is 0.881. The maximum Gasteiger partial charge on any atom is 0.126 e. The van der Waals surface area contributed by atoms with Gasteiger partial charge in [-0.15, -0.1) is 0 Å². The van der Waals surface area contributed by atoms with Gasteiger partial charge >= 0.3 is 0 Å². The number of rotatable bonds is 4. The average molecular weight is 345 g/mol. The second-order valence-corrected chi connectivity index (χ2v) is 6.76. The molecule has 0 spiro atoms. The largest absolute Gasteiger partial charge is 0.373 e. The van der Waals surface area contributed by atoms with Crippen molar-refractivity contribution in [3.05, 3.63) is 48.2 Å². The Labute approximate surface area is 153 Å². The predicted molar refractivity (Wildman–Crippen MR) is 108 cm³/mol. The number of aromatic nitrogens is 4. The zero-order valence-corrected chi connectivity index (χ0v) is 15.7. The number of hydrogen-bond donors (Lipinski definition) is 1. The molecule has 5 nitrogen and oxygen atoms in total. The molecule has 5 heteroatoms. The number of nitrogens with one attached hydrogen (secondary N) is 1. The third kappa shape index (κ3) is 2.60. The van der Waals surface area contributed by atoms with Gasteiger partial charge in [-0.25, -0.2) is 9.97 Å². The Bertz CT molecular complexity index is 1110. The number of anilines is 1. The van der Waals surface area contributed by atoms with E-state index in [9.17, 15) is 0 Å². The highest BCUT2D eigenvalue weighted by Crippen LogP contribution is 2.35. The van der Waals surface area contributed by atoms with Crippen molar-refractivity contribution in [1.29, 1.82) is 0 Å². The molecule has 0 amide bonds. The Morgan fingerprint density at radius 3 is 2.62 bits per heavy atom. The van der Waals surface area contributed by atoms with E-state index in [2.05, 4.69) is 51.9 Å². The van der Waals surface area contributed by atoms with Crippen LogP contribution in [-0.2, 0) is 13.5 Å². The van der Waals surface area contributed by atoms with Crippen LogP contribution in [0.25, 0.3) is 32.9 Å². The summed E-state index contributed by atoms with van der Waals surface area (Å²) in [6, 6.07) is 6.46. The van der Waals surface area contributed by atoms with Gasteiger partial charge in [0.2, 0.25) is 0 Å². The summed E-state index contributed by atoms with van der Waals surface area (Å²) in [4.78, 5) is 13.8. The van der Waals surface area contributed by atoms with Gasteiger partial charge in [-0.2, -0.15) is 0 Å². The summed E-state index contributed by atoms with van der Waals surface area (Å²) in [5.74, 6) is 0.856. The summed E-state index contributed by atoms with van der Waals surface area (Å²) in [6.07, 6.45) is 7.90. The molecule has 3 aromatic heterocycles. The molecule has 0 bridgehead atoms. The minimum absolute atomic E-state index is 0.856. The van der Waals surface area contributed by atoms with Gasteiger partial charge in [0.15, 0.2) is 0 Å². The zero-order valence-electron chi connectivity index (χ0n) is 15.7. The molecule has 0 radical (unpaired) electrons. The first-order chi connectivity index (χ1) is 12.6. The number of aryl methyl sites for hydroxylation is 3. The minimum atomic E-state index is 0.856. The van der Waals surface area contributed by atoms with Crippen molar-refractivity contribution in [2.75, 3.05) is 12.4 Å². The zero-order chi connectivity index (χ0) is 18.3. The summed E-state index contributed by atoms with van der Waals surface area (Å²) in [7, 11) is 3.92. The molecule has 0 aliphatic heterocycles. The lowest BCUT2D eigenvalue weighted by Crippen LogP contribution is -1.96. The quantitative estimate of drug-likeness (QED) is 0.592. The van der Waals surface area contributed by atoms with E-state index in [-0.39, 0.29) is 0 Å². The molecule has 3 heterocycles. The third-order valence-electron chi connectivity index (χ3n) is 4.90. The van der Waals surface area contributed by atoms with Crippen LogP contribution < -0.4 is 5.32 Å². The lowest BCUT2D eigenvalue weighted by atomic mass is 9.97. The molecule has 132 valence electrons. The number of nitrogens with zero attached hydrogens (tertiary/aromatic N) is 4. The normalized spacial score (nSPS) is 11.4. The van der Waals surface area contributed by atoms with Gasteiger partial charge in [0.25, 0.3) is 0 Å². The van der Waals surface area contributed by atoms with E-state index in [0.717, 1.165) is 57.3 Å². The van der Waals surface area contributed by atoms with Gasteiger partial charge in [0.1, 0.15) is 5.82 Å². The molecule has 0 atom stereocenters. The molecule has 0 aliphatic carbocycles. The summed E-state index contributed by atoms with van der Waals surface area (Å²) in [5.41, 5.74) is 6.74. The summed E-state index contributed by atoms with van der Waals surface area (Å²) < 4.78 is 2.08. The SMILES string of the molecule is CCCc1cc(C)c(-c2cc3cnc(NC)cc3c3c2ncn3C)cn1. The van der Waals surface area contributed by atoms with Crippen molar-refractivity contribution in [2.45, 2.75) is 26.7 Å². The van der Waals surface area contributed by atoms with Crippen molar-refractivity contribution in [2.24, 2.45) is 7.05 Å². The minimum Gasteiger partial charge on any atom is -0.373 e. The number of pyridine rings is 2. The van der Waals surface area contributed by atoms with Gasteiger partial charge < -0.3 is 9.88 Å². The number of imidazole rings is 1. The van der Waals surface area contributed by atoms with Crippen molar-refractivity contribution in [3.63, 3.8) is 0 Å². The van der Waals surface area contributed by atoms with E-state index in [1.54, 1.807) is 0 Å². The molecule has 0 saturated heterocycles. The number of fused-ring (bicyclic) bond motifs is 3. The van der Waals surface area contributed by atoms with Crippen LogP contribution in [0, 0.1) is 6.92 Å². The van der Waals surface area contributed by atoms with Crippen LogP contribution >= 0.6 is 0 Å². The van der Waals surface area contributed by atoms with Gasteiger partial charge in [-0.1, -0.05) is 13.3 Å².